The molecule has 1 saturated heterocycles. The summed E-state index contributed by atoms with van der Waals surface area (Å²) in [5.74, 6) is 2.10. The fourth-order valence-corrected chi connectivity index (χ4v) is 5.42. The summed E-state index contributed by atoms with van der Waals surface area (Å²) < 4.78 is 18.2. The molecule has 2 heterocycles. The van der Waals surface area contributed by atoms with E-state index < -0.39 is 10.8 Å². The molecule has 2 aromatic carbocycles. The molecule has 0 bridgehead atoms. The van der Waals surface area contributed by atoms with Crippen molar-refractivity contribution in [1.82, 2.24) is 4.90 Å². The number of hydrogen-bond acceptors (Lipinski definition) is 4. The smallest absolute Gasteiger partial charge is 0.159 e. The summed E-state index contributed by atoms with van der Waals surface area (Å²) in [5.41, 5.74) is 2.31. The van der Waals surface area contributed by atoms with Gasteiger partial charge in [-0.15, -0.1) is 0 Å². The summed E-state index contributed by atoms with van der Waals surface area (Å²) in [6.07, 6.45) is 3.58. The van der Waals surface area contributed by atoms with Gasteiger partial charge < -0.3 is 15.0 Å². The van der Waals surface area contributed by atoms with Crippen LogP contribution in [0, 0.1) is 5.92 Å². The van der Waals surface area contributed by atoms with Gasteiger partial charge in [0.05, 0.1) is 26.4 Å². The van der Waals surface area contributed by atoms with E-state index in [1.807, 2.05) is 12.1 Å². The molecule has 4 rings (SSSR count). The van der Waals surface area contributed by atoms with Crippen LogP contribution in [0.25, 0.3) is 0 Å². The van der Waals surface area contributed by atoms with Crippen molar-refractivity contribution in [3.8, 4) is 5.75 Å². The van der Waals surface area contributed by atoms with Crippen LogP contribution in [0.1, 0.15) is 18.4 Å². The highest BCUT2D eigenvalue weighted by molar-refractivity contribution is 7.85. The summed E-state index contributed by atoms with van der Waals surface area (Å²) in [5, 5.41) is 3.65. The molecule has 0 aromatic heterocycles. The Morgan fingerprint density at radius 1 is 1.19 bits per heavy atom. The third kappa shape index (κ3) is 4.65. The maximum atomic E-state index is 12.7. The fourth-order valence-electron chi connectivity index (χ4n) is 3.84. The number of rotatable bonds is 6. The zero-order valence-electron chi connectivity index (χ0n) is 15.3. The van der Waals surface area contributed by atoms with Crippen LogP contribution in [-0.4, -0.2) is 41.2 Å². The van der Waals surface area contributed by atoms with Crippen molar-refractivity contribution in [3.63, 3.8) is 0 Å². The van der Waals surface area contributed by atoms with E-state index in [1.54, 1.807) is 0 Å². The number of halogens is 1. The Morgan fingerprint density at radius 3 is 2.74 bits per heavy atom. The van der Waals surface area contributed by atoms with Crippen LogP contribution < -0.4 is 10.1 Å². The van der Waals surface area contributed by atoms with E-state index in [0.29, 0.717) is 22.4 Å². The molecule has 0 spiro atoms. The average molecular weight is 405 g/mol. The van der Waals surface area contributed by atoms with Crippen LogP contribution in [0.2, 0.25) is 5.02 Å². The van der Waals surface area contributed by atoms with Crippen LogP contribution in [0.5, 0.6) is 5.75 Å². The Morgan fingerprint density at radius 2 is 1.96 bits per heavy atom. The zero-order valence-corrected chi connectivity index (χ0v) is 16.9. The molecule has 1 N–H and O–H groups in total. The third-order valence-corrected chi connectivity index (χ3v) is 7.24. The van der Waals surface area contributed by atoms with Gasteiger partial charge in [-0.1, -0.05) is 41.9 Å². The summed E-state index contributed by atoms with van der Waals surface area (Å²) in [4.78, 5) is 3.11. The largest absolute Gasteiger partial charge is 0.471 e. The van der Waals surface area contributed by atoms with Gasteiger partial charge in [0.2, 0.25) is 0 Å². The van der Waals surface area contributed by atoms with Gasteiger partial charge in [-0.2, -0.15) is 0 Å². The van der Waals surface area contributed by atoms with Gasteiger partial charge in [-0.05, 0) is 49.9 Å². The fraction of sp³-hybridized carbons (Fsp3) is 0.429. The molecule has 144 valence electrons. The van der Waals surface area contributed by atoms with Crippen LogP contribution in [0.3, 0.4) is 0 Å². The lowest BCUT2D eigenvalue weighted by atomic mass is 9.90. The van der Waals surface area contributed by atoms with E-state index in [-0.39, 0.29) is 0 Å². The van der Waals surface area contributed by atoms with E-state index in [1.165, 1.54) is 24.8 Å². The second kappa shape index (κ2) is 8.63. The maximum absolute atomic E-state index is 12.7. The normalized spacial score (nSPS) is 18.6. The molecule has 0 aliphatic carbocycles. The van der Waals surface area contributed by atoms with Crippen molar-refractivity contribution in [2.24, 2.45) is 5.92 Å². The van der Waals surface area contributed by atoms with Gasteiger partial charge in [0.25, 0.3) is 0 Å². The highest BCUT2D eigenvalue weighted by Crippen LogP contribution is 2.36. The highest BCUT2D eigenvalue weighted by atomic mass is 35.5. The number of ether oxygens (including phenoxy) is 1. The first-order valence-corrected chi connectivity index (χ1v) is 11.2. The lowest BCUT2D eigenvalue weighted by Crippen LogP contribution is -2.36. The summed E-state index contributed by atoms with van der Waals surface area (Å²) in [6.45, 7) is 3.45. The Kier molecular flexibility index (Phi) is 6.01. The van der Waals surface area contributed by atoms with Gasteiger partial charge in [0, 0.05) is 18.4 Å². The first-order chi connectivity index (χ1) is 13.2. The van der Waals surface area contributed by atoms with Crippen LogP contribution in [-0.2, 0) is 17.2 Å². The predicted molar refractivity (Wildman–Crippen MR) is 111 cm³/mol. The molecule has 0 amide bonds. The van der Waals surface area contributed by atoms with E-state index in [4.69, 9.17) is 16.3 Å². The number of nitrogens with one attached hydrogen (secondary N) is 1. The molecule has 2 aromatic rings. The van der Waals surface area contributed by atoms with Crippen LogP contribution >= 0.6 is 11.6 Å². The topological polar surface area (TPSA) is 41.6 Å². The summed E-state index contributed by atoms with van der Waals surface area (Å²) in [7, 11) is -1.11. The van der Waals surface area contributed by atoms with Gasteiger partial charge in [-0.25, -0.2) is 0 Å². The van der Waals surface area contributed by atoms with Crippen LogP contribution in [0.4, 0.5) is 5.69 Å². The Bertz CT molecular complexity index is 807. The number of piperidine rings is 1. The third-order valence-electron chi connectivity index (χ3n) is 5.44. The average Bonchev–Trinajstić information content (AvgIpc) is 3.14. The molecule has 4 nitrogen and oxygen atoms in total. The number of likely N-dealkylation sites (tertiary alicyclic amines) is 1. The lowest BCUT2D eigenvalue weighted by Gasteiger charge is -2.31. The quantitative estimate of drug-likeness (QED) is 0.784. The van der Waals surface area contributed by atoms with Gasteiger partial charge >= 0.3 is 0 Å². The number of nitrogens with zero attached hydrogens (tertiary/aromatic N) is 1. The van der Waals surface area contributed by atoms with E-state index in [0.717, 1.165) is 37.0 Å². The van der Waals surface area contributed by atoms with Crippen molar-refractivity contribution >= 4 is 28.1 Å². The van der Waals surface area contributed by atoms with E-state index in [2.05, 4.69) is 40.5 Å². The second-order valence-electron chi connectivity index (χ2n) is 7.27. The van der Waals surface area contributed by atoms with E-state index >= 15 is 0 Å². The minimum absolute atomic E-state index is 0.444. The monoisotopic (exact) mass is 404 g/mol. The molecule has 27 heavy (non-hydrogen) atoms. The maximum Gasteiger partial charge on any atom is 0.159 e. The predicted octanol–water partition coefficient (Wildman–Crippen LogP) is 4.16. The van der Waals surface area contributed by atoms with Crippen molar-refractivity contribution < 1.29 is 8.95 Å². The number of anilines is 1. The Balaban J connectivity index is 1.26. The lowest BCUT2D eigenvalue weighted by molar-refractivity contribution is 0.193. The molecule has 6 heteroatoms. The van der Waals surface area contributed by atoms with Crippen molar-refractivity contribution in [2.75, 3.05) is 37.4 Å². The first kappa shape index (κ1) is 18.8. The SMILES string of the molecule is O=S(CCN1CCC(Cc2ccccc2)CC1)c1cc2c(cc1Cl)NCO2. The minimum atomic E-state index is -1.11. The second-order valence-corrected chi connectivity index (χ2v) is 9.21. The molecule has 1 fully saturated rings. The Labute approximate surface area is 168 Å². The van der Waals surface area contributed by atoms with Crippen molar-refractivity contribution in [2.45, 2.75) is 24.2 Å². The molecule has 2 aliphatic rings. The molecular formula is C21H25ClN2O2S. The minimum Gasteiger partial charge on any atom is -0.471 e. The molecule has 0 saturated carbocycles. The van der Waals surface area contributed by atoms with Gasteiger partial charge in [0.15, 0.2) is 6.73 Å². The highest BCUT2D eigenvalue weighted by Gasteiger charge is 2.21. The van der Waals surface area contributed by atoms with Gasteiger partial charge in [0.1, 0.15) is 5.75 Å². The molecule has 1 atom stereocenters. The van der Waals surface area contributed by atoms with Crippen LogP contribution in [0.15, 0.2) is 47.4 Å². The molecule has 1 unspecified atom stereocenters. The summed E-state index contributed by atoms with van der Waals surface area (Å²) in [6, 6.07) is 14.4. The Hall–Kier alpha value is -1.56. The first-order valence-electron chi connectivity index (χ1n) is 9.54. The van der Waals surface area contributed by atoms with Gasteiger partial charge in [-0.3, -0.25) is 4.21 Å². The molecule has 2 aliphatic heterocycles. The molecular weight excluding hydrogens is 380 g/mol. The van der Waals surface area contributed by atoms with Crippen molar-refractivity contribution in [3.05, 3.63) is 53.1 Å². The number of hydrogen-bond donors (Lipinski definition) is 1. The molecule has 0 radical (unpaired) electrons. The summed E-state index contributed by atoms with van der Waals surface area (Å²) >= 11 is 6.32. The zero-order chi connectivity index (χ0) is 18.6. The van der Waals surface area contributed by atoms with E-state index in [9.17, 15) is 4.21 Å². The standard InChI is InChI=1S/C21H25ClN2O2S/c22-18-13-19-20(26-15-23-19)14-21(18)27(25)11-10-24-8-6-17(7-9-24)12-16-4-2-1-3-5-16/h1-5,13-14,17,23H,6-12,15H2. The number of benzene rings is 2. The van der Waals surface area contributed by atoms with Crippen molar-refractivity contribution in [1.29, 1.82) is 0 Å². The number of fused-ring (bicyclic) bond motifs is 1.